The van der Waals surface area contributed by atoms with Crippen molar-refractivity contribution in [2.75, 3.05) is 42.3 Å². The smallest absolute Gasteiger partial charge is 0.261 e. The SMILES string of the molecule is Cc1ccc(S(=O)(=O)Nc2ccccc2CNC(C)CN2CCN(c3ccccc3)CC2)cc1. The third kappa shape index (κ3) is 6.38. The summed E-state index contributed by atoms with van der Waals surface area (Å²) in [5.41, 5.74) is 3.86. The molecule has 0 aromatic heterocycles. The lowest BCUT2D eigenvalue weighted by atomic mass is 10.1. The predicted molar refractivity (Wildman–Crippen MR) is 140 cm³/mol. The molecule has 1 fully saturated rings. The van der Waals surface area contributed by atoms with E-state index in [2.05, 4.69) is 57.1 Å². The van der Waals surface area contributed by atoms with E-state index in [4.69, 9.17) is 0 Å². The first-order chi connectivity index (χ1) is 16.4. The van der Waals surface area contributed by atoms with Crippen molar-refractivity contribution < 1.29 is 8.42 Å². The molecule has 3 aromatic carbocycles. The molecule has 34 heavy (non-hydrogen) atoms. The molecule has 0 saturated carbocycles. The van der Waals surface area contributed by atoms with Gasteiger partial charge in [0.2, 0.25) is 0 Å². The van der Waals surface area contributed by atoms with Gasteiger partial charge in [0, 0.05) is 51.0 Å². The minimum absolute atomic E-state index is 0.267. The number of hydrogen-bond donors (Lipinski definition) is 2. The molecule has 180 valence electrons. The highest BCUT2D eigenvalue weighted by Gasteiger charge is 2.19. The molecule has 1 aliphatic rings. The van der Waals surface area contributed by atoms with Crippen LogP contribution in [-0.4, -0.2) is 52.1 Å². The molecule has 2 N–H and O–H groups in total. The molecule has 7 heteroatoms. The zero-order valence-electron chi connectivity index (χ0n) is 19.9. The molecule has 0 amide bonds. The molecule has 1 saturated heterocycles. The van der Waals surface area contributed by atoms with Crippen LogP contribution in [0.3, 0.4) is 0 Å². The average molecular weight is 479 g/mol. The second-order valence-corrected chi connectivity index (χ2v) is 10.7. The Labute approximate surface area is 203 Å². The summed E-state index contributed by atoms with van der Waals surface area (Å²) in [7, 11) is -3.63. The summed E-state index contributed by atoms with van der Waals surface area (Å²) in [6.07, 6.45) is 0. The number of hydrogen-bond acceptors (Lipinski definition) is 5. The maximum absolute atomic E-state index is 12.9. The number of para-hydroxylation sites is 2. The molecule has 3 aromatic rings. The highest BCUT2D eigenvalue weighted by Crippen LogP contribution is 2.21. The highest BCUT2D eigenvalue weighted by molar-refractivity contribution is 7.92. The summed E-state index contributed by atoms with van der Waals surface area (Å²) < 4.78 is 28.5. The van der Waals surface area contributed by atoms with Gasteiger partial charge in [-0.05, 0) is 49.7 Å². The van der Waals surface area contributed by atoms with Crippen molar-refractivity contribution in [3.8, 4) is 0 Å². The fourth-order valence-electron chi connectivity index (χ4n) is 4.26. The first-order valence-corrected chi connectivity index (χ1v) is 13.3. The monoisotopic (exact) mass is 478 g/mol. The van der Waals surface area contributed by atoms with Crippen LogP contribution in [0.15, 0.2) is 83.8 Å². The van der Waals surface area contributed by atoms with Gasteiger partial charge in [-0.3, -0.25) is 9.62 Å². The number of anilines is 2. The van der Waals surface area contributed by atoms with E-state index >= 15 is 0 Å². The van der Waals surface area contributed by atoms with Crippen LogP contribution >= 0.6 is 0 Å². The van der Waals surface area contributed by atoms with Gasteiger partial charge >= 0.3 is 0 Å². The van der Waals surface area contributed by atoms with E-state index < -0.39 is 10.0 Å². The molecule has 4 rings (SSSR count). The van der Waals surface area contributed by atoms with Gasteiger partial charge in [0.25, 0.3) is 10.0 Å². The second-order valence-electron chi connectivity index (χ2n) is 8.98. The summed E-state index contributed by atoms with van der Waals surface area (Å²) in [5, 5.41) is 3.57. The van der Waals surface area contributed by atoms with E-state index in [0.717, 1.165) is 43.9 Å². The van der Waals surface area contributed by atoms with Crippen molar-refractivity contribution >= 4 is 21.4 Å². The number of piperazine rings is 1. The molecular formula is C27H34N4O2S. The van der Waals surface area contributed by atoms with Gasteiger partial charge < -0.3 is 10.2 Å². The van der Waals surface area contributed by atoms with Gasteiger partial charge in [-0.1, -0.05) is 54.1 Å². The largest absolute Gasteiger partial charge is 0.369 e. The lowest BCUT2D eigenvalue weighted by Crippen LogP contribution is -2.50. The zero-order chi connectivity index (χ0) is 24.0. The molecule has 1 heterocycles. The maximum Gasteiger partial charge on any atom is 0.261 e. The third-order valence-corrected chi connectivity index (χ3v) is 7.64. The third-order valence-electron chi connectivity index (χ3n) is 6.26. The summed E-state index contributed by atoms with van der Waals surface area (Å²) >= 11 is 0. The molecule has 1 atom stereocenters. The second kappa shape index (κ2) is 11.0. The Morgan fingerprint density at radius 1 is 0.853 bits per heavy atom. The number of aryl methyl sites for hydroxylation is 1. The Morgan fingerprint density at radius 2 is 1.50 bits per heavy atom. The minimum Gasteiger partial charge on any atom is -0.369 e. The predicted octanol–water partition coefficient (Wildman–Crippen LogP) is 4.10. The van der Waals surface area contributed by atoms with Crippen LogP contribution in [0, 0.1) is 6.92 Å². The van der Waals surface area contributed by atoms with Crippen molar-refractivity contribution in [2.45, 2.75) is 31.3 Å². The zero-order valence-corrected chi connectivity index (χ0v) is 20.8. The number of rotatable bonds is 9. The molecule has 0 spiro atoms. The lowest BCUT2D eigenvalue weighted by Gasteiger charge is -2.37. The maximum atomic E-state index is 12.9. The van der Waals surface area contributed by atoms with Crippen LogP contribution in [0.4, 0.5) is 11.4 Å². The van der Waals surface area contributed by atoms with Crippen molar-refractivity contribution in [3.05, 3.63) is 90.0 Å². The van der Waals surface area contributed by atoms with E-state index in [-0.39, 0.29) is 10.9 Å². The number of benzene rings is 3. The fourth-order valence-corrected chi connectivity index (χ4v) is 5.36. The van der Waals surface area contributed by atoms with Gasteiger partial charge in [0.15, 0.2) is 0 Å². The minimum atomic E-state index is -3.63. The van der Waals surface area contributed by atoms with E-state index in [1.54, 1.807) is 12.1 Å². The normalized spacial score (nSPS) is 15.8. The van der Waals surface area contributed by atoms with Crippen molar-refractivity contribution in [3.63, 3.8) is 0 Å². The molecule has 1 unspecified atom stereocenters. The van der Waals surface area contributed by atoms with Crippen LogP contribution in [0.5, 0.6) is 0 Å². The van der Waals surface area contributed by atoms with Gasteiger partial charge in [-0.25, -0.2) is 8.42 Å². The van der Waals surface area contributed by atoms with E-state index in [9.17, 15) is 8.42 Å². The van der Waals surface area contributed by atoms with Crippen LogP contribution in [0.2, 0.25) is 0 Å². The number of nitrogens with zero attached hydrogens (tertiary/aromatic N) is 2. The Kier molecular flexibility index (Phi) is 7.88. The Balaban J connectivity index is 1.30. The van der Waals surface area contributed by atoms with E-state index in [1.807, 2.05) is 43.3 Å². The van der Waals surface area contributed by atoms with Crippen LogP contribution in [-0.2, 0) is 16.6 Å². The van der Waals surface area contributed by atoms with E-state index in [1.165, 1.54) is 5.69 Å². The quantitative estimate of drug-likeness (QED) is 0.485. The summed E-state index contributed by atoms with van der Waals surface area (Å²) in [6.45, 7) is 9.80. The molecule has 6 nitrogen and oxygen atoms in total. The van der Waals surface area contributed by atoms with E-state index in [0.29, 0.717) is 12.2 Å². The Morgan fingerprint density at radius 3 is 2.21 bits per heavy atom. The molecular weight excluding hydrogens is 444 g/mol. The van der Waals surface area contributed by atoms with Gasteiger partial charge in [0.1, 0.15) is 0 Å². The van der Waals surface area contributed by atoms with Crippen molar-refractivity contribution in [2.24, 2.45) is 0 Å². The molecule has 1 aliphatic heterocycles. The number of sulfonamides is 1. The lowest BCUT2D eigenvalue weighted by molar-refractivity contribution is 0.233. The summed E-state index contributed by atoms with van der Waals surface area (Å²) in [4.78, 5) is 5.19. The summed E-state index contributed by atoms with van der Waals surface area (Å²) in [5.74, 6) is 0. The average Bonchev–Trinajstić information content (AvgIpc) is 2.84. The highest BCUT2D eigenvalue weighted by atomic mass is 32.2. The van der Waals surface area contributed by atoms with Crippen LogP contribution in [0.1, 0.15) is 18.1 Å². The van der Waals surface area contributed by atoms with Crippen molar-refractivity contribution in [1.29, 1.82) is 0 Å². The first kappa shape index (κ1) is 24.3. The Bertz CT molecular complexity index is 1160. The van der Waals surface area contributed by atoms with Gasteiger partial charge in [0.05, 0.1) is 10.6 Å². The van der Waals surface area contributed by atoms with Gasteiger partial charge in [-0.2, -0.15) is 0 Å². The molecule has 0 radical (unpaired) electrons. The molecule has 0 aliphatic carbocycles. The Hall–Kier alpha value is -2.87. The number of nitrogens with one attached hydrogen (secondary N) is 2. The van der Waals surface area contributed by atoms with Crippen LogP contribution in [0.25, 0.3) is 0 Å². The molecule has 0 bridgehead atoms. The topological polar surface area (TPSA) is 64.7 Å². The van der Waals surface area contributed by atoms with Crippen LogP contribution < -0.4 is 14.9 Å². The first-order valence-electron chi connectivity index (χ1n) is 11.8. The summed E-state index contributed by atoms with van der Waals surface area (Å²) in [6, 6.07) is 25.3. The van der Waals surface area contributed by atoms with Gasteiger partial charge in [-0.15, -0.1) is 0 Å². The van der Waals surface area contributed by atoms with Crippen molar-refractivity contribution in [1.82, 2.24) is 10.2 Å². The standard InChI is InChI=1S/C27H34N4O2S/c1-22-12-14-26(15-13-22)34(32,33)29-27-11-7-6-8-24(27)20-28-23(2)21-30-16-18-31(19-17-30)25-9-4-3-5-10-25/h3-15,23,28-29H,16-21H2,1-2H3. The fraction of sp³-hybridized carbons (Fsp3) is 0.333.